The molecule has 1 aromatic carbocycles. The van der Waals surface area contributed by atoms with Gasteiger partial charge in [0, 0.05) is 19.0 Å². The molecule has 1 N–H and O–H groups in total. The molecule has 3 atom stereocenters. The van der Waals surface area contributed by atoms with Gasteiger partial charge in [0.25, 0.3) is 5.91 Å². The van der Waals surface area contributed by atoms with Gasteiger partial charge in [-0.3, -0.25) is 14.4 Å². The largest absolute Gasteiger partial charge is 0.455 e. The topological polar surface area (TPSA) is 75.7 Å². The van der Waals surface area contributed by atoms with Crippen LogP contribution in [0.1, 0.15) is 39.0 Å². The van der Waals surface area contributed by atoms with Crippen LogP contribution in [0.15, 0.2) is 24.3 Å². The number of anilines is 1. The minimum Gasteiger partial charge on any atom is -0.455 e. The normalized spacial score (nSPS) is 25.3. The lowest BCUT2D eigenvalue weighted by molar-refractivity contribution is -0.152. The van der Waals surface area contributed by atoms with Gasteiger partial charge in [-0.15, -0.1) is 0 Å². The first-order valence-corrected chi connectivity index (χ1v) is 9.46. The average molecular weight is 376 g/mol. The molecule has 2 aliphatic rings. The molecular weight excluding hydrogens is 351 g/mol. The molecule has 1 saturated heterocycles. The van der Waals surface area contributed by atoms with Crippen LogP contribution in [0.25, 0.3) is 0 Å². The fraction of sp³-hybridized carbons (Fsp3) is 0.550. The van der Waals surface area contributed by atoms with Crippen molar-refractivity contribution in [2.75, 3.05) is 18.1 Å². The number of benzene rings is 1. The van der Waals surface area contributed by atoms with Crippen molar-refractivity contribution in [2.24, 2.45) is 11.8 Å². The maximum atomic E-state index is 13.9. The zero-order valence-electron chi connectivity index (χ0n) is 15.4. The summed E-state index contributed by atoms with van der Waals surface area (Å²) in [7, 11) is 0. The van der Waals surface area contributed by atoms with Gasteiger partial charge < -0.3 is 15.0 Å². The van der Waals surface area contributed by atoms with E-state index in [0.717, 1.165) is 19.3 Å². The molecule has 2 fully saturated rings. The van der Waals surface area contributed by atoms with Crippen LogP contribution in [0.4, 0.5) is 10.1 Å². The zero-order valence-corrected chi connectivity index (χ0v) is 15.4. The number of amides is 2. The van der Waals surface area contributed by atoms with Gasteiger partial charge >= 0.3 is 5.97 Å². The summed E-state index contributed by atoms with van der Waals surface area (Å²) in [4.78, 5) is 37.7. The molecule has 1 aromatic rings. The van der Waals surface area contributed by atoms with Gasteiger partial charge in [-0.05, 0) is 30.9 Å². The number of hydrogen-bond donors (Lipinski definition) is 1. The summed E-state index contributed by atoms with van der Waals surface area (Å²) in [6.45, 7) is 1.81. The van der Waals surface area contributed by atoms with E-state index in [1.54, 1.807) is 6.07 Å². The van der Waals surface area contributed by atoms with Crippen molar-refractivity contribution in [1.29, 1.82) is 0 Å². The van der Waals surface area contributed by atoms with E-state index >= 15 is 0 Å². The number of hydrogen-bond acceptors (Lipinski definition) is 4. The number of nitrogens with zero attached hydrogens (tertiary/aromatic N) is 1. The van der Waals surface area contributed by atoms with Gasteiger partial charge in [0.05, 0.1) is 11.6 Å². The van der Waals surface area contributed by atoms with Crippen LogP contribution >= 0.6 is 0 Å². The molecule has 1 saturated carbocycles. The van der Waals surface area contributed by atoms with Gasteiger partial charge in [0.2, 0.25) is 5.91 Å². The highest BCUT2D eigenvalue weighted by Gasteiger charge is 2.37. The summed E-state index contributed by atoms with van der Waals surface area (Å²) in [6, 6.07) is 6.06. The van der Waals surface area contributed by atoms with Crippen LogP contribution < -0.4 is 10.2 Å². The van der Waals surface area contributed by atoms with Crippen molar-refractivity contribution < 1.29 is 23.5 Å². The summed E-state index contributed by atoms with van der Waals surface area (Å²) < 4.78 is 19.0. The Morgan fingerprint density at radius 2 is 2.00 bits per heavy atom. The predicted octanol–water partition coefficient (Wildman–Crippen LogP) is 2.42. The maximum Gasteiger partial charge on any atom is 0.311 e. The summed E-state index contributed by atoms with van der Waals surface area (Å²) in [5.41, 5.74) is 0.154. The molecule has 0 spiro atoms. The first kappa shape index (κ1) is 19.3. The lowest BCUT2D eigenvalue weighted by Crippen LogP contribution is -2.43. The van der Waals surface area contributed by atoms with Crippen molar-refractivity contribution in [3.63, 3.8) is 0 Å². The third-order valence-corrected chi connectivity index (χ3v) is 5.41. The van der Waals surface area contributed by atoms with Gasteiger partial charge in [-0.1, -0.05) is 31.9 Å². The average Bonchev–Trinajstić information content (AvgIpc) is 3.04. The maximum absolute atomic E-state index is 13.9. The SMILES string of the molecule is C[C@H]1CCCC[C@@H]1NC(=O)COC(=O)[C@@H]1CC(=O)N(c2ccccc2F)C1. The molecule has 146 valence electrons. The number of esters is 1. The molecule has 1 heterocycles. The highest BCUT2D eigenvalue weighted by molar-refractivity contribution is 5.99. The minimum absolute atomic E-state index is 0.0472. The van der Waals surface area contributed by atoms with Crippen molar-refractivity contribution in [1.82, 2.24) is 5.32 Å². The molecule has 0 aromatic heterocycles. The third kappa shape index (κ3) is 4.64. The van der Waals surface area contributed by atoms with Gasteiger partial charge in [-0.2, -0.15) is 0 Å². The predicted molar refractivity (Wildman–Crippen MR) is 97.4 cm³/mol. The lowest BCUT2D eigenvalue weighted by Gasteiger charge is -2.29. The van der Waals surface area contributed by atoms with Crippen LogP contribution in [0, 0.1) is 17.7 Å². The third-order valence-electron chi connectivity index (χ3n) is 5.41. The smallest absolute Gasteiger partial charge is 0.311 e. The van der Waals surface area contributed by atoms with Gasteiger partial charge in [-0.25, -0.2) is 4.39 Å². The van der Waals surface area contributed by atoms with E-state index in [1.807, 2.05) is 0 Å². The number of nitrogens with one attached hydrogen (secondary N) is 1. The number of carbonyl (C=O) groups is 3. The second kappa shape index (κ2) is 8.50. The standard InChI is InChI=1S/C20H25FN2O4/c1-13-6-2-4-8-16(13)22-18(24)12-27-20(26)14-10-19(25)23(11-14)17-9-5-3-7-15(17)21/h3,5,7,9,13-14,16H,2,4,6,8,10-12H2,1H3,(H,22,24)/t13-,14+,16-/m0/s1. The van der Waals surface area contributed by atoms with E-state index in [2.05, 4.69) is 12.2 Å². The van der Waals surface area contributed by atoms with E-state index in [0.29, 0.717) is 5.92 Å². The van der Waals surface area contributed by atoms with E-state index in [4.69, 9.17) is 4.74 Å². The fourth-order valence-electron chi connectivity index (χ4n) is 3.80. The Bertz CT molecular complexity index is 724. The lowest BCUT2D eigenvalue weighted by atomic mass is 9.86. The van der Waals surface area contributed by atoms with E-state index in [9.17, 15) is 18.8 Å². The number of ether oxygens (including phenoxy) is 1. The first-order valence-electron chi connectivity index (χ1n) is 9.46. The molecule has 1 aliphatic carbocycles. The summed E-state index contributed by atoms with van der Waals surface area (Å²) in [5, 5.41) is 2.92. The molecule has 3 rings (SSSR count). The number of halogens is 1. The Labute approximate surface area is 158 Å². The van der Waals surface area contributed by atoms with E-state index in [1.165, 1.54) is 29.5 Å². The van der Waals surface area contributed by atoms with Crippen LogP contribution in [0.5, 0.6) is 0 Å². The molecule has 0 radical (unpaired) electrons. The van der Waals surface area contributed by atoms with Crippen LogP contribution in [0.3, 0.4) is 0 Å². The van der Waals surface area contributed by atoms with Crippen molar-refractivity contribution in [2.45, 2.75) is 45.1 Å². The van der Waals surface area contributed by atoms with Crippen molar-refractivity contribution >= 4 is 23.5 Å². The Kier molecular flexibility index (Phi) is 6.08. The van der Waals surface area contributed by atoms with Gasteiger partial charge in [0.15, 0.2) is 6.61 Å². The number of rotatable bonds is 5. The van der Waals surface area contributed by atoms with Crippen LogP contribution in [0.2, 0.25) is 0 Å². The van der Waals surface area contributed by atoms with Crippen LogP contribution in [-0.2, 0) is 19.1 Å². The Balaban J connectivity index is 1.49. The second-order valence-electron chi connectivity index (χ2n) is 7.40. The van der Waals surface area contributed by atoms with Gasteiger partial charge in [0.1, 0.15) is 5.82 Å². The molecule has 2 amide bonds. The zero-order chi connectivity index (χ0) is 19.4. The number of carbonyl (C=O) groups excluding carboxylic acids is 3. The Hall–Kier alpha value is -2.44. The van der Waals surface area contributed by atoms with E-state index in [-0.39, 0.29) is 43.1 Å². The molecular formula is C20H25FN2O4. The Morgan fingerprint density at radius 3 is 2.74 bits per heavy atom. The molecule has 6 nitrogen and oxygen atoms in total. The quantitative estimate of drug-likeness (QED) is 0.801. The highest BCUT2D eigenvalue weighted by Crippen LogP contribution is 2.28. The summed E-state index contributed by atoms with van der Waals surface area (Å²) in [6.07, 6.45) is 4.24. The summed E-state index contributed by atoms with van der Waals surface area (Å²) >= 11 is 0. The first-order chi connectivity index (χ1) is 13.0. The molecule has 0 unspecified atom stereocenters. The van der Waals surface area contributed by atoms with Crippen molar-refractivity contribution in [3.8, 4) is 0 Å². The van der Waals surface area contributed by atoms with Crippen LogP contribution in [-0.4, -0.2) is 37.0 Å². The van der Waals surface area contributed by atoms with Crippen molar-refractivity contribution in [3.05, 3.63) is 30.1 Å². The molecule has 0 bridgehead atoms. The molecule has 1 aliphatic heterocycles. The Morgan fingerprint density at radius 1 is 1.26 bits per heavy atom. The minimum atomic E-state index is -0.696. The van der Waals surface area contributed by atoms with E-state index < -0.39 is 17.7 Å². The molecule has 7 heteroatoms. The monoisotopic (exact) mass is 376 g/mol. The highest BCUT2D eigenvalue weighted by atomic mass is 19.1. The summed E-state index contributed by atoms with van der Waals surface area (Å²) in [5.74, 6) is -2.05. The fourth-order valence-corrected chi connectivity index (χ4v) is 3.80. The molecule has 27 heavy (non-hydrogen) atoms. The number of para-hydroxylation sites is 1. The second-order valence-corrected chi connectivity index (χ2v) is 7.40.